The van der Waals surface area contributed by atoms with Crippen LogP contribution in [0.15, 0.2) is 42.7 Å². The van der Waals surface area contributed by atoms with Crippen molar-refractivity contribution in [3.8, 4) is 11.3 Å². The lowest BCUT2D eigenvalue weighted by atomic mass is 9.63. The van der Waals surface area contributed by atoms with Gasteiger partial charge in [-0.1, -0.05) is 26.8 Å². The van der Waals surface area contributed by atoms with Crippen LogP contribution in [0.3, 0.4) is 0 Å². The van der Waals surface area contributed by atoms with Crippen LogP contribution in [-0.4, -0.2) is 33.3 Å². The van der Waals surface area contributed by atoms with Crippen molar-refractivity contribution in [1.29, 1.82) is 0 Å². The van der Waals surface area contributed by atoms with Gasteiger partial charge < -0.3 is 4.90 Å². The second-order valence-corrected chi connectivity index (χ2v) is 8.94. The lowest BCUT2D eigenvalue weighted by Crippen LogP contribution is -2.48. The molecular weight excluding hydrogens is 408 g/mol. The molecule has 2 heterocycles. The number of nitrogens with zero attached hydrogens (tertiary/aromatic N) is 5. The zero-order valence-electron chi connectivity index (χ0n) is 19.0. The number of benzene rings is 1. The van der Waals surface area contributed by atoms with Crippen LogP contribution in [-0.2, 0) is 5.41 Å². The van der Waals surface area contributed by atoms with Crippen molar-refractivity contribution >= 4 is 5.95 Å². The first-order valence-corrected chi connectivity index (χ1v) is 11.2. The average molecular weight is 438 g/mol. The smallest absolute Gasteiger partial charge is 0.225 e. The first kappa shape index (κ1) is 22.2. The van der Waals surface area contributed by atoms with Crippen LogP contribution in [0.4, 0.5) is 14.7 Å². The quantitative estimate of drug-likeness (QED) is 0.508. The van der Waals surface area contributed by atoms with E-state index in [0.29, 0.717) is 12.5 Å². The molecule has 0 spiro atoms. The molecule has 2 atom stereocenters. The first-order valence-electron chi connectivity index (χ1n) is 11.2. The number of likely N-dealkylation sites (N-methyl/N-ethyl adjacent to an activating group) is 1. The van der Waals surface area contributed by atoms with E-state index in [1.165, 1.54) is 18.2 Å². The van der Waals surface area contributed by atoms with Crippen molar-refractivity contribution in [1.82, 2.24) is 20.2 Å². The number of fused-ring (bicyclic) bond motifs is 1. The van der Waals surface area contributed by atoms with Gasteiger partial charge >= 0.3 is 0 Å². The van der Waals surface area contributed by atoms with Crippen molar-refractivity contribution in [3.05, 3.63) is 65.6 Å². The number of hydrogen-bond donors (Lipinski definition) is 0. The maximum Gasteiger partial charge on any atom is 0.225 e. The highest BCUT2D eigenvalue weighted by atomic mass is 19.1. The molecule has 0 saturated carbocycles. The van der Waals surface area contributed by atoms with Gasteiger partial charge in [0.15, 0.2) is 0 Å². The molecule has 2 aromatic heterocycles. The van der Waals surface area contributed by atoms with Crippen LogP contribution in [0.25, 0.3) is 11.3 Å². The van der Waals surface area contributed by atoms with Gasteiger partial charge in [-0.25, -0.2) is 18.7 Å². The van der Waals surface area contributed by atoms with Crippen LogP contribution in [0.2, 0.25) is 0 Å². The number of halogens is 2. The molecule has 1 aromatic carbocycles. The summed E-state index contributed by atoms with van der Waals surface area (Å²) in [6.07, 6.45) is 5.41. The molecule has 5 nitrogen and oxygen atoms in total. The van der Waals surface area contributed by atoms with E-state index in [4.69, 9.17) is 0 Å². The van der Waals surface area contributed by atoms with Crippen molar-refractivity contribution in [2.75, 3.05) is 18.0 Å². The Morgan fingerprint density at radius 2 is 1.78 bits per heavy atom. The first-order chi connectivity index (χ1) is 15.4. The van der Waals surface area contributed by atoms with Crippen molar-refractivity contribution < 1.29 is 8.78 Å². The van der Waals surface area contributed by atoms with Gasteiger partial charge in [-0.05, 0) is 61.4 Å². The number of hydrogen-bond acceptors (Lipinski definition) is 5. The Labute approximate surface area is 187 Å². The molecule has 0 N–H and O–H groups in total. The van der Waals surface area contributed by atoms with E-state index in [1.54, 1.807) is 12.4 Å². The second kappa shape index (κ2) is 8.88. The summed E-state index contributed by atoms with van der Waals surface area (Å²) in [4.78, 5) is 11.1. The van der Waals surface area contributed by atoms with Crippen LogP contribution in [0.1, 0.15) is 57.7 Å². The molecule has 1 aliphatic carbocycles. The molecule has 0 saturated heterocycles. The Balaban J connectivity index is 1.81. The largest absolute Gasteiger partial charge is 0.340 e. The zero-order chi connectivity index (χ0) is 22.9. The molecule has 0 bridgehead atoms. The molecule has 0 fully saturated rings. The summed E-state index contributed by atoms with van der Waals surface area (Å²) in [6, 6.07) is 7.50. The number of anilines is 1. The lowest BCUT2D eigenvalue weighted by molar-refractivity contribution is 0.243. The summed E-state index contributed by atoms with van der Waals surface area (Å²) in [6.45, 7) is 10.1. The van der Waals surface area contributed by atoms with E-state index in [2.05, 4.69) is 52.8 Å². The molecule has 1 aliphatic rings. The minimum atomic E-state index is -0.629. The van der Waals surface area contributed by atoms with Gasteiger partial charge in [0.2, 0.25) is 5.95 Å². The van der Waals surface area contributed by atoms with Crippen molar-refractivity contribution in [2.45, 2.75) is 51.9 Å². The maximum absolute atomic E-state index is 14.4. The highest BCUT2D eigenvalue weighted by molar-refractivity contribution is 5.62. The maximum atomic E-state index is 14.4. The summed E-state index contributed by atoms with van der Waals surface area (Å²) in [7, 11) is 0. The van der Waals surface area contributed by atoms with Gasteiger partial charge in [-0.3, -0.25) is 0 Å². The fraction of sp³-hybridized carbons (Fsp3) is 0.440. The van der Waals surface area contributed by atoms with Crippen LogP contribution >= 0.6 is 0 Å². The molecule has 0 aliphatic heterocycles. The van der Waals surface area contributed by atoms with Crippen molar-refractivity contribution in [2.24, 2.45) is 5.92 Å². The fourth-order valence-corrected chi connectivity index (χ4v) is 4.80. The minimum Gasteiger partial charge on any atom is -0.340 e. The SMILES string of the molecule is CCN(C[C@@]1(C(C)C)CC[C@H](C)c2cc(-c3c(F)cccc3F)nnc21)c1ncccn1. The van der Waals surface area contributed by atoms with Crippen LogP contribution < -0.4 is 4.90 Å². The van der Waals surface area contributed by atoms with Crippen molar-refractivity contribution in [3.63, 3.8) is 0 Å². The topological polar surface area (TPSA) is 54.8 Å². The molecule has 4 rings (SSSR count). The Hall–Kier alpha value is -2.96. The Morgan fingerprint density at radius 3 is 2.41 bits per heavy atom. The van der Waals surface area contributed by atoms with E-state index >= 15 is 0 Å². The van der Waals surface area contributed by atoms with E-state index in [-0.39, 0.29) is 28.5 Å². The molecule has 168 valence electrons. The summed E-state index contributed by atoms with van der Waals surface area (Å²) in [5.41, 5.74) is 1.79. The summed E-state index contributed by atoms with van der Waals surface area (Å²) < 4.78 is 28.8. The molecule has 32 heavy (non-hydrogen) atoms. The van der Waals surface area contributed by atoms with E-state index in [1.807, 2.05) is 12.1 Å². The van der Waals surface area contributed by atoms with E-state index in [9.17, 15) is 8.78 Å². The predicted octanol–water partition coefficient (Wildman–Crippen LogP) is 5.53. The van der Waals surface area contributed by atoms with Crippen LogP contribution in [0, 0.1) is 17.6 Å². The highest BCUT2D eigenvalue weighted by Crippen LogP contribution is 2.47. The molecule has 0 radical (unpaired) electrons. The molecule has 0 unspecified atom stereocenters. The Morgan fingerprint density at radius 1 is 1.09 bits per heavy atom. The van der Waals surface area contributed by atoms with Gasteiger partial charge in [0.05, 0.1) is 17.0 Å². The molecule has 0 amide bonds. The van der Waals surface area contributed by atoms with E-state index in [0.717, 1.165) is 30.6 Å². The van der Waals surface area contributed by atoms with Gasteiger partial charge in [-0.15, -0.1) is 0 Å². The molecular formula is C25H29F2N5. The Kier molecular flexibility index (Phi) is 6.17. The summed E-state index contributed by atoms with van der Waals surface area (Å²) in [5, 5.41) is 8.96. The van der Waals surface area contributed by atoms with E-state index < -0.39 is 11.6 Å². The second-order valence-electron chi connectivity index (χ2n) is 8.94. The average Bonchev–Trinajstić information content (AvgIpc) is 2.79. The normalized spacial score (nSPS) is 20.3. The zero-order valence-corrected chi connectivity index (χ0v) is 19.0. The predicted molar refractivity (Wildman–Crippen MR) is 121 cm³/mol. The fourth-order valence-electron chi connectivity index (χ4n) is 4.80. The molecule has 7 heteroatoms. The van der Waals surface area contributed by atoms with Crippen LogP contribution in [0.5, 0.6) is 0 Å². The summed E-state index contributed by atoms with van der Waals surface area (Å²) in [5.74, 6) is -0.0680. The molecule has 3 aromatic rings. The number of aromatic nitrogens is 4. The Bertz CT molecular complexity index is 1070. The highest BCUT2D eigenvalue weighted by Gasteiger charge is 2.45. The van der Waals surface area contributed by atoms with Gasteiger partial charge in [0, 0.05) is 30.9 Å². The minimum absolute atomic E-state index is 0.122. The van der Waals surface area contributed by atoms with Gasteiger partial charge in [0.1, 0.15) is 11.6 Å². The standard InChI is InChI=1S/C25H29F2N5/c1-5-32(24-28-12-7-13-29-24)15-25(16(2)3)11-10-17(4)18-14-21(30-31-23(18)25)22-19(26)8-6-9-20(22)27/h6-9,12-14,16-17H,5,10-11,15H2,1-4H3/t17-,25+/m0/s1. The lowest BCUT2D eigenvalue weighted by Gasteiger charge is -2.45. The third kappa shape index (κ3) is 3.85. The monoisotopic (exact) mass is 437 g/mol. The number of rotatable bonds is 6. The summed E-state index contributed by atoms with van der Waals surface area (Å²) >= 11 is 0. The van der Waals surface area contributed by atoms with Gasteiger partial charge in [-0.2, -0.15) is 10.2 Å². The van der Waals surface area contributed by atoms with Gasteiger partial charge in [0.25, 0.3) is 0 Å². The third-order valence-corrected chi connectivity index (χ3v) is 6.86. The third-order valence-electron chi connectivity index (χ3n) is 6.86.